The Hall–Kier alpha value is -3.47. The Morgan fingerprint density at radius 1 is 0.882 bits per heavy atom. The number of piperazine rings is 1. The van der Waals surface area contributed by atoms with E-state index in [0.717, 1.165) is 16.0 Å². The monoisotopic (exact) mass is 469 g/mol. The van der Waals surface area contributed by atoms with Gasteiger partial charge in [-0.1, -0.05) is 24.3 Å². The molecule has 180 valence electrons. The molecule has 3 saturated heterocycles. The van der Waals surface area contributed by atoms with Crippen molar-refractivity contribution in [3.8, 4) is 0 Å². The van der Waals surface area contributed by atoms with Crippen molar-refractivity contribution >= 4 is 29.7 Å². The lowest BCUT2D eigenvalue weighted by molar-refractivity contribution is -0.155. The van der Waals surface area contributed by atoms with E-state index in [1.165, 1.54) is 14.7 Å². The molecule has 6 amide bonds. The lowest BCUT2D eigenvalue weighted by atomic mass is 9.92. The first-order valence-corrected chi connectivity index (χ1v) is 11.6. The van der Waals surface area contributed by atoms with Crippen LogP contribution in [0.1, 0.15) is 17.5 Å². The molecule has 1 aromatic rings. The fourth-order valence-corrected chi connectivity index (χ4v) is 5.16. The summed E-state index contributed by atoms with van der Waals surface area (Å²) in [6.45, 7) is 2.17. The van der Waals surface area contributed by atoms with Gasteiger partial charge in [0.2, 0.25) is 5.91 Å². The van der Waals surface area contributed by atoms with Gasteiger partial charge in [-0.3, -0.25) is 24.1 Å². The molecule has 0 radical (unpaired) electrons. The fourth-order valence-electron chi connectivity index (χ4n) is 5.16. The highest BCUT2D eigenvalue weighted by molar-refractivity contribution is 6.35. The highest BCUT2D eigenvalue weighted by Crippen LogP contribution is 2.41. The van der Waals surface area contributed by atoms with E-state index in [1.807, 2.05) is 24.3 Å². The lowest BCUT2D eigenvalue weighted by Gasteiger charge is -2.36. The quantitative estimate of drug-likeness (QED) is 0.434. The van der Waals surface area contributed by atoms with Gasteiger partial charge in [0.15, 0.2) is 0 Å². The number of nitrogens with zero attached hydrogens (tertiary/aromatic N) is 4. The first-order chi connectivity index (χ1) is 16.4. The van der Waals surface area contributed by atoms with Gasteiger partial charge in [-0.2, -0.15) is 0 Å². The molecule has 1 aromatic carbocycles. The summed E-state index contributed by atoms with van der Waals surface area (Å²) in [5.74, 6) is -1.89. The van der Waals surface area contributed by atoms with Crippen LogP contribution in [0.3, 0.4) is 0 Å². The predicted molar refractivity (Wildman–Crippen MR) is 117 cm³/mol. The second-order valence-corrected chi connectivity index (χ2v) is 8.96. The molecule has 34 heavy (non-hydrogen) atoms. The average Bonchev–Trinajstić information content (AvgIpc) is 3.36. The molecule has 0 bridgehead atoms. The van der Waals surface area contributed by atoms with Crippen molar-refractivity contribution in [3.05, 3.63) is 35.4 Å². The number of hydrogen-bond acceptors (Lipinski definition) is 6. The molecule has 3 heterocycles. The molecular formula is C23H27N5O6. The lowest BCUT2D eigenvalue weighted by Crippen LogP contribution is -2.56. The van der Waals surface area contributed by atoms with Crippen molar-refractivity contribution < 1.29 is 28.7 Å². The minimum atomic E-state index is -1.10. The van der Waals surface area contributed by atoms with Gasteiger partial charge in [0, 0.05) is 39.3 Å². The highest BCUT2D eigenvalue weighted by atomic mass is 16.5. The third kappa shape index (κ3) is 3.69. The minimum absolute atomic E-state index is 0.220. The summed E-state index contributed by atoms with van der Waals surface area (Å²) in [4.78, 5) is 69.3. The van der Waals surface area contributed by atoms with E-state index in [9.17, 15) is 24.0 Å². The van der Waals surface area contributed by atoms with Crippen LogP contribution < -0.4 is 5.32 Å². The summed E-state index contributed by atoms with van der Waals surface area (Å²) < 4.78 is 5.21. The number of ether oxygens (including phenoxy) is 1. The molecule has 0 aromatic heterocycles. The molecule has 3 aliphatic heterocycles. The highest BCUT2D eigenvalue weighted by Gasteiger charge is 2.55. The number of fused-ring (bicyclic) bond motifs is 2. The molecule has 4 aliphatic rings. The third-order valence-electron chi connectivity index (χ3n) is 7.12. The fraction of sp³-hybridized carbons (Fsp3) is 0.522. The van der Waals surface area contributed by atoms with Gasteiger partial charge in [0.1, 0.15) is 12.1 Å². The Balaban J connectivity index is 1.18. The van der Waals surface area contributed by atoms with E-state index in [0.29, 0.717) is 39.1 Å². The zero-order valence-electron chi connectivity index (χ0n) is 18.8. The predicted octanol–water partition coefficient (Wildman–Crippen LogP) is -1.09. The third-order valence-corrected chi connectivity index (χ3v) is 7.12. The smallest absolute Gasteiger partial charge is 0.325 e. The van der Waals surface area contributed by atoms with Gasteiger partial charge in [-0.05, 0) is 24.0 Å². The van der Waals surface area contributed by atoms with E-state index in [2.05, 4.69) is 5.32 Å². The van der Waals surface area contributed by atoms with Crippen molar-refractivity contribution in [2.75, 3.05) is 59.0 Å². The number of aryl methyl sites for hydroxylation is 1. The van der Waals surface area contributed by atoms with E-state index < -0.39 is 29.3 Å². The zero-order chi connectivity index (χ0) is 23.9. The van der Waals surface area contributed by atoms with Crippen molar-refractivity contribution in [2.45, 2.75) is 18.4 Å². The molecule has 0 unspecified atom stereocenters. The van der Waals surface area contributed by atoms with Crippen molar-refractivity contribution in [1.82, 2.24) is 24.9 Å². The summed E-state index contributed by atoms with van der Waals surface area (Å²) in [5.41, 5.74) is 0.718. The van der Waals surface area contributed by atoms with Crippen LogP contribution in [-0.2, 0) is 35.9 Å². The topological polar surface area (TPSA) is 120 Å². The maximum atomic E-state index is 13.3. The molecule has 11 heteroatoms. The van der Waals surface area contributed by atoms with E-state index in [4.69, 9.17) is 4.74 Å². The number of imide groups is 1. The maximum absolute atomic E-state index is 13.3. The van der Waals surface area contributed by atoms with Gasteiger partial charge >= 0.3 is 17.8 Å². The van der Waals surface area contributed by atoms with Crippen LogP contribution in [0.15, 0.2) is 24.3 Å². The standard InChI is InChI=1S/C23H27N5O6/c29-18(25-7-9-26(10-8-25)19(30)20(31)27-11-13-34-14-12-27)15-28-21(32)23(24-22(28)33)6-5-16-3-1-2-4-17(16)23/h1-4H,5-15H2,(H,24,33)/t23-/m1/s1. The molecule has 5 rings (SSSR count). The summed E-state index contributed by atoms with van der Waals surface area (Å²) in [6.07, 6.45) is 1.16. The van der Waals surface area contributed by atoms with E-state index in [1.54, 1.807) is 0 Å². The van der Waals surface area contributed by atoms with Gasteiger partial charge in [-0.15, -0.1) is 0 Å². The number of carbonyl (C=O) groups excluding carboxylic acids is 5. The number of hydrogen-bond donors (Lipinski definition) is 1. The number of amides is 6. The number of rotatable bonds is 2. The first kappa shape index (κ1) is 22.3. The van der Waals surface area contributed by atoms with Crippen LogP contribution in [-0.4, -0.2) is 108 Å². The number of benzene rings is 1. The summed E-state index contributed by atoms with van der Waals surface area (Å²) in [6, 6.07) is 6.96. The van der Waals surface area contributed by atoms with Gasteiger partial charge in [0.25, 0.3) is 5.91 Å². The van der Waals surface area contributed by atoms with Crippen LogP contribution in [0.5, 0.6) is 0 Å². The van der Waals surface area contributed by atoms with E-state index >= 15 is 0 Å². The minimum Gasteiger partial charge on any atom is -0.378 e. The van der Waals surface area contributed by atoms with E-state index in [-0.39, 0.29) is 38.6 Å². The number of urea groups is 1. The SMILES string of the molecule is O=C(CN1C(=O)N[C@@]2(CCc3ccccc32)C1=O)N1CCN(C(=O)C(=O)N2CCOCC2)CC1. The molecule has 0 saturated carbocycles. The van der Waals surface area contributed by atoms with Crippen LogP contribution in [0.25, 0.3) is 0 Å². The molecule has 1 aliphatic carbocycles. The molecule has 11 nitrogen and oxygen atoms in total. The number of nitrogens with one attached hydrogen (secondary N) is 1. The summed E-state index contributed by atoms with van der Waals surface area (Å²) in [5, 5.41) is 2.82. The number of carbonyl (C=O) groups is 5. The molecule has 3 fully saturated rings. The Morgan fingerprint density at radius 3 is 2.21 bits per heavy atom. The van der Waals surface area contributed by atoms with Crippen LogP contribution in [0.2, 0.25) is 0 Å². The maximum Gasteiger partial charge on any atom is 0.325 e. The van der Waals surface area contributed by atoms with Gasteiger partial charge in [-0.25, -0.2) is 4.79 Å². The largest absolute Gasteiger partial charge is 0.378 e. The summed E-state index contributed by atoms with van der Waals surface area (Å²) >= 11 is 0. The van der Waals surface area contributed by atoms with Crippen LogP contribution in [0.4, 0.5) is 4.79 Å². The molecule has 1 atom stereocenters. The Labute approximate surface area is 196 Å². The molecule has 1 N–H and O–H groups in total. The molecular weight excluding hydrogens is 442 g/mol. The Bertz CT molecular complexity index is 1050. The van der Waals surface area contributed by atoms with Gasteiger partial charge < -0.3 is 24.8 Å². The average molecular weight is 469 g/mol. The van der Waals surface area contributed by atoms with Crippen LogP contribution in [0, 0.1) is 0 Å². The summed E-state index contributed by atoms with van der Waals surface area (Å²) in [7, 11) is 0. The Kier molecular flexibility index (Phi) is 5.72. The number of morpholine rings is 1. The normalized spacial score (nSPS) is 24.5. The second kappa shape index (κ2) is 8.71. The van der Waals surface area contributed by atoms with Crippen LogP contribution >= 0.6 is 0 Å². The zero-order valence-corrected chi connectivity index (χ0v) is 18.8. The van der Waals surface area contributed by atoms with Crippen molar-refractivity contribution in [2.24, 2.45) is 0 Å². The Morgan fingerprint density at radius 2 is 1.50 bits per heavy atom. The van der Waals surface area contributed by atoms with Crippen molar-refractivity contribution in [1.29, 1.82) is 0 Å². The van der Waals surface area contributed by atoms with Gasteiger partial charge in [0.05, 0.1) is 13.2 Å². The van der Waals surface area contributed by atoms with Crippen molar-refractivity contribution in [3.63, 3.8) is 0 Å². The molecule has 1 spiro atoms. The second-order valence-electron chi connectivity index (χ2n) is 8.96. The first-order valence-electron chi connectivity index (χ1n) is 11.6.